The third-order valence-electron chi connectivity index (χ3n) is 2.94. The molecule has 20 heavy (non-hydrogen) atoms. The Kier molecular flexibility index (Phi) is 6.02. The Morgan fingerprint density at radius 3 is 2.90 bits per heavy atom. The van der Waals surface area contributed by atoms with Gasteiger partial charge in [-0.2, -0.15) is 0 Å². The van der Waals surface area contributed by atoms with Crippen LogP contribution in [0.2, 0.25) is 0 Å². The quantitative estimate of drug-likeness (QED) is 0.840. The van der Waals surface area contributed by atoms with E-state index in [-0.39, 0.29) is 0 Å². The number of benzene rings is 1. The number of hydrogen-bond acceptors (Lipinski definition) is 3. The highest BCUT2D eigenvalue weighted by atomic mass is 79.9. The molecule has 4 heteroatoms. The van der Waals surface area contributed by atoms with E-state index in [1.165, 1.54) is 5.56 Å². The van der Waals surface area contributed by atoms with Crippen molar-refractivity contribution in [3.05, 3.63) is 58.3 Å². The van der Waals surface area contributed by atoms with E-state index < -0.39 is 0 Å². The van der Waals surface area contributed by atoms with Crippen molar-refractivity contribution >= 4 is 15.9 Å². The number of ether oxygens (including phenoxy) is 1. The van der Waals surface area contributed by atoms with Gasteiger partial charge in [0.15, 0.2) is 0 Å². The van der Waals surface area contributed by atoms with Gasteiger partial charge in [-0.15, -0.1) is 0 Å². The second-order valence-electron chi connectivity index (χ2n) is 4.45. The molecule has 1 N–H and O–H groups in total. The highest BCUT2D eigenvalue weighted by Gasteiger charge is 2.02. The van der Waals surface area contributed by atoms with Gasteiger partial charge in [-0.05, 0) is 42.4 Å². The molecule has 0 amide bonds. The lowest BCUT2D eigenvalue weighted by atomic mass is 10.2. The third kappa shape index (κ3) is 4.62. The number of pyridine rings is 1. The minimum atomic E-state index is 0.638. The summed E-state index contributed by atoms with van der Waals surface area (Å²) in [5.41, 5.74) is 2.26. The molecule has 0 saturated carbocycles. The van der Waals surface area contributed by atoms with Crippen LogP contribution in [0.1, 0.15) is 18.2 Å². The first-order chi connectivity index (χ1) is 9.79. The maximum absolute atomic E-state index is 5.80. The summed E-state index contributed by atoms with van der Waals surface area (Å²) < 4.78 is 6.90. The highest BCUT2D eigenvalue weighted by Crippen LogP contribution is 2.22. The molecular formula is C16H19BrN2O. The Hall–Kier alpha value is -1.39. The van der Waals surface area contributed by atoms with E-state index >= 15 is 0 Å². The Bertz CT molecular complexity index is 531. The summed E-state index contributed by atoms with van der Waals surface area (Å²) in [5.74, 6) is 0.900. The normalized spacial score (nSPS) is 10.5. The van der Waals surface area contributed by atoms with E-state index in [2.05, 4.69) is 39.2 Å². The fraction of sp³-hybridized carbons (Fsp3) is 0.312. The molecule has 1 aromatic heterocycles. The van der Waals surface area contributed by atoms with Crippen LogP contribution in [-0.4, -0.2) is 18.1 Å². The second kappa shape index (κ2) is 8.02. The average molecular weight is 335 g/mol. The first-order valence-corrected chi connectivity index (χ1v) is 7.60. The standard InChI is InChI=1S/C16H19BrN2O/c1-2-18-12-13-11-15(6-7-16(13)17)20-10-8-14-5-3-4-9-19-14/h3-7,9,11,18H,2,8,10,12H2,1H3. The van der Waals surface area contributed by atoms with Crippen molar-refractivity contribution < 1.29 is 4.74 Å². The molecular weight excluding hydrogens is 316 g/mol. The van der Waals surface area contributed by atoms with E-state index in [9.17, 15) is 0 Å². The van der Waals surface area contributed by atoms with Crippen molar-refractivity contribution in [1.82, 2.24) is 10.3 Å². The van der Waals surface area contributed by atoms with Crippen LogP contribution < -0.4 is 10.1 Å². The number of hydrogen-bond donors (Lipinski definition) is 1. The van der Waals surface area contributed by atoms with Crippen LogP contribution in [0, 0.1) is 0 Å². The van der Waals surface area contributed by atoms with E-state index in [1.807, 2.05) is 36.5 Å². The number of halogens is 1. The largest absolute Gasteiger partial charge is 0.493 e. The van der Waals surface area contributed by atoms with Gasteiger partial charge in [0.25, 0.3) is 0 Å². The lowest BCUT2D eigenvalue weighted by Crippen LogP contribution is -2.12. The van der Waals surface area contributed by atoms with Gasteiger partial charge in [-0.25, -0.2) is 0 Å². The van der Waals surface area contributed by atoms with Crippen LogP contribution in [0.3, 0.4) is 0 Å². The molecule has 0 aliphatic carbocycles. The predicted molar refractivity (Wildman–Crippen MR) is 85.0 cm³/mol. The van der Waals surface area contributed by atoms with Crippen LogP contribution in [0.4, 0.5) is 0 Å². The molecule has 106 valence electrons. The zero-order chi connectivity index (χ0) is 14.2. The average Bonchev–Trinajstić information content (AvgIpc) is 2.49. The van der Waals surface area contributed by atoms with Gasteiger partial charge in [0.1, 0.15) is 5.75 Å². The van der Waals surface area contributed by atoms with E-state index in [0.29, 0.717) is 6.61 Å². The van der Waals surface area contributed by atoms with Crippen molar-refractivity contribution in [2.75, 3.05) is 13.2 Å². The van der Waals surface area contributed by atoms with Crippen molar-refractivity contribution in [2.45, 2.75) is 19.9 Å². The fourth-order valence-electron chi connectivity index (χ4n) is 1.86. The van der Waals surface area contributed by atoms with Crippen molar-refractivity contribution in [2.24, 2.45) is 0 Å². The highest BCUT2D eigenvalue weighted by molar-refractivity contribution is 9.10. The molecule has 3 nitrogen and oxygen atoms in total. The van der Waals surface area contributed by atoms with Crippen LogP contribution >= 0.6 is 15.9 Å². The molecule has 0 spiro atoms. The van der Waals surface area contributed by atoms with Crippen molar-refractivity contribution in [3.63, 3.8) is 0 Å². The van der Waals surface area contributed by atoms with E-state index in [0.717, 1.165) is 35.4 Å². The monoisotopic (exact) mass is 334 g/mol. The molecule has 0 aliphatic rings. The first kappa shape index (κ1) is 15.0. The molecule has 0 aliphatic heterocycles. The number of nitrogens with one attached hydrogen (secondary N) is 1. The van der Waals surface area contributed by atoms with Crippen LogP contribution in [0.25, 0.3) is 0 Å². The van der Waals surface area contributed by atoms with Crippen LogP contribution in [-0.2, 0) is 13.0 Å². The fourth-order valence-corrected chi connectivity index (χ4v) is 2.24. The number of rotatable bonds is 7. The summed E-state index contributed by atoms with van der Waals surface area (Å²) in [5, 5.41) is 3.32. The van der Waals surface area contributed by atoms with Gasteiger partial charge in [0.05, 0.1) is 6.61 Å². The Labute approximate surface area is 128 Å². The topological polar surface area (TPSA) is 34.1 Å². The summed E-state index contributed by atoms with van der Waals surface area (Å²) in [6.45, 7) is 4.53. The molecule has 0 unspecified atom stereocenters. The SMILES string of the molecule is CCNCc1cc(OCCc2ccccn2)ccc1Br. The van der Waals surface area contributed by atoms with Crippen molar-refractivity contribution in [3.8, 4) is 5.75 Å². The second-order valence-corrected chi connectivity index (χ2v) is 5.31. The molecule has 0 radical (unpaired) electrons. The lowest BCUT2D eigenvalue weighted by molar-refractivity contribution is 0.320. The summed E-state index contributed by atoms with van der Waals surface area (Å²) in [6, 6.07) is 12.0. The molecule has 0 saturated heterocycles. The Morgan fingerprint density at radius 1 is 1.25 bits per heavy atom. The summed E-state index contributed by atoms with van der Waals surface area (Å²) in [7, 11) is 0. The molecule has 2 aromatic rings. The summed E-state index contributed by atoms with van der Waals surface area (Å²) >= 11 is 3.56. The molecule has 1 aromatic carbocycles. The summed E-state index contributed by atoms with van der Waals surface area (Å²) in [4.78, 5) is 4.28. The maximum atomic E-state index is 5.80. The van der Waals surface area contributed by atoms with Gasteiger partial charge in [0, 0.05) is 29.3 Å². The lowest BCUT2D eigenvalue weighted by Gasteiger charge is -2.10. The Balaban J connectivity index is 1.89. The molecule has 1 heterocycles. The van der Waals surface area contributed by atoms with Gasteiger partial charge in [-0.1, -0.05) is 28.9 Å². The zero-order valence-electron chi connectivity index (χ0n) is 11.6. The number of nitrogens with zero attached hydrogens (tertiary/aromatic N) is 1. The molecule has 0 fully saturated rings. The van der Waals surface area contributed by atoms with Crippen molar-refractivity contribution in [1.29, 1.82) is 0 Å². The van der Waals surface area contributed by atoms with Crippen LogP contribution in [0.5, 0.6) is 5.75 Å². The van der Waals surface area contributed by atoms with Gasteiger partial charge < -0.3 is 10.1 Å². The molecule has 0 atom stereocenters. The first-order valence-electron chi connectivity index (χ1n) is 6.81. The number of aromatic nitrogens is 1. The molecule has 0 bridgehead atoms. The minimum Gasteiger partial charge on any atom is -0.493 e. The Morgan fingerprint density at radius 2 is 2.15 bits per heavy atom. The summed E-state index contributed by atoms with van der Waals surface area (Å²) in [6.07, 6.45) is 2.63. The predicted octanol–water partition coefficient (Wildman–Crippen LogP) is 3.58. The van der Waals surface area contributed by atoms with E-state index in [4.69, 9.17) is 4.74 Å². The minimum absolute atomic E-state index is 0.638. The van der Waals surface area contributed by atoms with E-state index in [1.54, 1.807) is 0 Å². The van der Waals surface area contributed by atoms with Gasteiger partial charge in [-0.3, -0.25) is 4.98 Å². The van der Waals surface area contributed by atoms with Gasteiger partial charge >= 0.3 is 0 Å². The molecule has 2 rings (SSSR count). The third-order valence-corrected chi connectivity index (χ3v) is 3.71. The van der Waals surface area contributed by atoms with Crippen LogP contribution in [0.15, 0.2) is 47.1 Å². The smallest absolute Gasteiger partial charge is 0.119 e. The maximum Gasteiger partial charge on any atom is 0.119 e. The van der Waals surface area contributed by atoms with Gasteiger partial charge in [0.2, 0.25) is 0 Å². The zero-order valence-corrected chi connectivity index (χ0v) is 13.2.